The van der Waals surface area contributed by atoms with Crippen molar-refractivity contribution in [3.8, 4) is 0 Å². The van der Waals surface area contributed by atoms with Crippen LogP contribution in [0.4, 0.5) is 0 Å². The number of esters is 1. The lowest BCUT2D eigenvalue weighted by molar-refractivity contribution is -0.139. The molecule has 20 heavy (non-hydrogen) atoms. The van der Waals surface area contributed by atoms with Crippen LogP contribution in [0.25, 0.3) is 0 Å². The normalized spacial score (nSPS) is 14.2. The molecule has 1 aliphatic carbocycles. The Labute approximate surface area is 118 Å². The summed E-state index contributed by atoms with van der Waals surface area (Å²) in [5.41, 5.74) is 3.31. The van der Waals surface area contributed by atoms with Crippen LogP contribution in [-0.4, -0.2) is 22.9 Å². The highest BCUT2D eigenvalue weighted by Gasteiger charge is 2.25. The van der Waals surface area contributed by atoms with Crippen molar-refractivity contribution in [2.45, 2.75) is 31.7 Å². The van der Waals surface area contributed by atoms with Gasteiger partial charge >= 0.3 is 5.97 Å². The summed E-state index contributed by atoms with van der Waals surface area (Å²) in [6.45, 7) is 0.694. The molecule has 1 saturated carbocycles. The minimum atomic E-state index is -0.211. The lowest BCUT2D eigenvalue weighted by Crippen LogP contribution is -2.09. The fraction of sp³-hybridized carbons (Fsp3) is 0.375. The largest absolute Gasteiger partial charge is 0.469 e. The average molecular weight is 270 g/mol. The molecule has 0 unspecified atom stereocenters. The summed E-state index contributed by atoms with van der Waals surface area (Å²) in [6.07, 6.45) is 4.85. The number of carbonyl (C=O) groups excluding carboxylic acids is 1. The van der Waals surface area contributed by atoms with Crippen molar-refractivity contribution in [3.05, 3.63) is 53.3 Å². The Morgan fingerprint density at radius 3 is 2.75 bits per heavy atom. The van der Waals surface area contributed by atoms with Crippen LogP contribution in [0.3, 0.4) is 0 Å². The number of methoxy groups -OCH3 is 1. The Kier molecular flexibility index (Phi) is 3.54. The molecule has 1 aliphatic rings. The van der Waals surface area contributed by atoms with Crippen LogP contribution in [0.5, 0.6) is 0 Å². The lowest BCUT2D eigenvalue weighted by Gasteiger charge is -2.08. The number of benzene rings is 1. The maximum Gasteiger partial charge on any atom is 0.309 e. The molecular weight excluding hydrogens is 252 g/mol. The summed E-state index contributed by atoms with van der Waals surface area (Å²) in [5, 5.41) is 4.61. The third-order valence-electron chi connectivity index (χ3n) is 3.67. The number of nitrogens with zero attached hydrogens (tertiary/aromatic N) is 2. The van der Waals surface area contributed by atoms with Crippen molar-refractivity contribution in [1.82, 2.24) is 9.78 Å². The highest BCUT2D eigenvalue weighted by molar-refractivity contribution is 5.72. The second-order valence-corrected chi connectivity index (χ2v) is 5.23. The highest BCUT2D eigenvalue weighted by atomic mass is 16.5. The molecule has 0 aliphatic heterocycles. The molecule has 1 heterocycles. The van der Waals surface area contributed by atoms with Gasteiger partial charge in [0, 0.05) is 12.1 Å². The van der Waals surface area contributed by atoms with Gasteiger partial charge in [0.25, 0.3) is 0 Å². The molecule has 1 aromatic carbocycles. The van der Waals surface area contributed by atoms with Crippen molar-refractivity contribution in [2.75, 3.05) is 7.11 Å². The van der Waals surface area contributed by atoms with Crippen LogP contribution < -0.4 is 0 Å². The van der Waals surface area contributed by atoms with Gasteiger partial charge in [-0.2, -0.15) is 5.10 Å². The molecule has 0 saturated heterocycles. The number of hydrogen-bond acceptors (Lipinski definition) is 3. The number of carbonyl (C=O) groups is 1. The molecule has 3 rings (SSSR count). The van der Waals surface area contributed by atoms with Crippen molar-refractivity contribution in [1.29, 1.82) is 0 Å². The van der Waals surface area contributed by atoms with E-state index in [1.807, 2.05) is 35.1 Å². The minimum absolute atomic E-state index is 0.211. The molecule has 1 fully saturated rings. The van der Waals surface area contributed by atoms with Gasteiger partial charge in [-0.3, -0.25) is 9.48 Å². The Hall–Kier alpha value is -2.10. The van der Waals surface area contributed by atoms with Crippen molar-refractivity contribution < 1.29 is 9.53 Å². The molecule has 0 N–H and O–H groups in total. The van der Waals surface area contributed by atoms with Crippen molar-refractivity contribution >= 4 is 5.97 Å². The van der Waals surface area contributed by atoms with E-state index in [0.29, 0.717) is 18.9 Å². The molecule has 1 aromatic heterocycles. The van der Waals surface area contributed by atoms with Gasteiger partial charge in [0.2, 0.25) is 0 Å². The van der Waals surface area contributed by atoms with Crippen LogP contribution in [0, 0.1) is 0 Å². The van der Waals surface area contributed by atoms with Gasteiger partial charge in [0.1, 0.15) is 0 Å². The SMILES string of the molecule is COC(=O)Cc1ccccc1Cn1ccc(C2CC2)n1. The first-order chi connectivity index (χ1) is 9.76. The van der Waals surface area contributed by atoms with E-state index in [-0.39, 0.29) is 5.97 Å². The molecule has 4 heteroatoms. The van der Waals surface area contributed by atoms with Gasteiger partial charge < -0.3 is 4.74 Å². The molecule has 0 atom stereocenters. The van der Waals surface area contributed by atoms with Gasteiger partial charge in [-0.1, -0.05) is 24.3 Å². The summed E-state index contributed by atoms with van der Waals surface area (Å²) in [6, 6.07) is 10.0. The fourth-order valence-electron chi connectivity index (χ4n) is 2.35. The van der Waals surface area contributed by atoms with E-state index >= 15 is 0 Å². The van der Waals surface area contributed by atoms with E-state index in [1.54, 1.807) is 0 Å². The predicted molar refractivity (Wildman–Crippen MR) is 75.5 cm³/mol. The molecule has 0 bridgehead atoms. The molecule has 2 aromatic rings. The molecule has 104 valence electrons. The van der Waals surface area contributed by atoms with E-state index in [2.05, 4.69) is 11.2 Å². The zero-order valence-corrected chi connectivity index (χ0v) is 11.6. The Morgan fingerprint density at radius 2 is 2.05 bits per heavy atom. The highest BCUT2D eigenvalue weighted by Crippen LogP contribution is 2.38. The second kappa shape index (κ2) is 5.49. The first kappa shape index (κ1) is 12.9. The molecule has 0 amide bonds. The fourth-order valence-corrected chi connectivity index (χ4v) is 2.35. The zero-order valence-electron chi connectivity index (χ0n) is 11.6. The third-order valence-corrected chi connectivity index (χ3v) is 3.67. The van der Waals surface area contributed by atoms with Crippen LogP contribution in [0.2, 0.25) is 0 Å². The monoisotopic (exact) mass is 270 g/mol. The molecule has 4 nitrogen and oxygen atoms in total. The van der Waals surface area contributed by atoms with E-state index < -0.39 is 0 Å². The van der Waals surface area contributed by atoms with Crippen molar-refractivity contribution in [3.63, 3.8) is 0 Å². The molecule has 0 radical (unpaired) electrons. The standard InChI is InChI=1S/C16H18N2O2/c1-20-16(19)10-13-4-2-3-5-14(13)11-18-9-8-15(17-18)12-6-7-12/h2-5,8-9,12H,6-7,10-11H2,1H3. The topological polar surface area (TPSA) is 44.1 Å². The molecular formula is C16H18N2O2. The number of ether oxygens (including phenoxy) is 1. The summed E-state index contributed by atoms with van der Waals surface area (Å²) in [7, 11) is 1.42. The van der Waals surface area contributed by atoms with Crippen molar-refractivity contribution in [2.24, 2.45) is 0 Å². The van der Waals surface area contributed by atoms with Crippen LogP contribution in [-0.2, 0) is 22.5 Å². The Bertz CT molecular complexity index is 614. The lowest BCUT2D eigenvalue weighted by atomic mass is 10.0. The number of aromatic nitrogens is 2. The van der Waals surface area contributed by atoms with Gasteiger partial charge in [0.05, 0.1) is 25.8 Å². The quantitative estimate of drug-likeness (QED) is 0.784. The van der Waals surface area contributed by atoms with Gasteiger partial charge in [-0.25, -0.2) is 0 Å². The summed E-state index contributed by atoms with van der Waals surface area (Å²) in [5.74, 6) is 0.457. The maximum atomic E-state index is 11.4. The third kappa shape index (κ3) is 2.90. The molecule has 0 spiro atoms. The first-order valence-corrected chi connectivity index (χ1v) is 6.93. The predicted octanol–water partition coefficient (Wildman–Crippen LogP) is 2.52. The van der Waals surface area contributed by atoms with E-state index in [9.17, 15) is 4.79 Å². The van der Waals surface area contributed by atoms with Gasteiger partial charge in [0.15, 0.2) is 0 Å². The van der Waals surface area contributed by atoms with Gasteiger partial charge in [-0.15, -0.1) is 0 Å². The summed E-state index contributed by atoms with van der Waals surface area (Å²) >= 11 is 0. The van der Waals surface area contributed by atoms with E-state index in [0.717, 1.165) is 11.1 Å². The summed E-state index contributed by atoms with van der Waals surface area (Å²) in [4.78, 5) is 11.4. The Morgan fingerprint density at radius 1 is 1.30 bits per heavy atom. The van der Waals surface area contributed by atoms with Crippen LogP contribution in [0.1, 0.15) is 35.6 Å². The Balaban J connectivity index is 1.76. The number of hydrogen-bond donors (Lipinski definition) is 0. The minimum Gasteiger partial charge on any atom is -0.469 e. The van der Waals surface area contributed by atoms with Crippen LogP contribution >= 0.6 is 0 Å². The van der Waals surface area contributed by atoms with E-state index in [1.165, 1.54) is 25.6 Å². The summed E-state index contributed by atoms with van der Waals surface area (Å²) < 4.78 is 6.69. The maximum absolute atomic E-state index is 11.4. The second-order valence-electron chi connectivity index (χ2n) is 5.23. The zero-order chi connectivity index (χ0) is 13.9. The average Bonchev–Trinajstić information content (AvgIpc) is 3.21. The first-order valence-electron chi connectivity index (χ1n) is 6.93. The number of rotatable bonds is 5. The smallest absolute Gasteiger partial charge is 0.309 e. The van der Waals surface area contributed by atoms with Gasteiger partial charge in [-0.05, 0) is 30.0 Å². The van der Waals surface area contributed by atoms with E-state index in [4.69, 9.17) is 4.74 Å². The van der Waals surface area contributed by atoms with Crippen LogP contribution in [0.15, 0.2) is 36.5 Å².